The van der Waals surface area contributed by atoms with Crippen LogP contribution in [0.15, 0.2) is 77.6 Å². The Morgan fingerprint density at radius 1 is 0.897 bits per heavy atom. The maximum atomic E-state index is 12.3. The SMILES string of the molecule is C#C.CC(C)C.O=C(CNc1cc(-c2ccoc2)nc(NCc2cccc(Cl)c2)n1)NCc1ccc(Cl)cc1. The van der Waals surface area contributed by atoms with Gasteiger partial charge in [0.1, 0.15) is 5.82 Å². The first-order valence-electron chi connectivity index (χ1n) is 12.3. The number of carbonyl (C=O) groups is 1. The number of nitrogens with one attached hydrogen (secondary N) is 3. The highest BCUT2D eigenvalue weighted by atomic mass is 35.5. The molecule has 0 aliphatic carbocycles. The lowest BCUT2D eigenvalue weighted by Crippen LogP contribution is -2.29. The third kappa shape index (κ3) is 11.9. The average molecular weight is 567 g/mol. The van der Waals surface area contributed by atoms with Crippen LogP contribution in [-0.4, -0.2) is 22.4 Å². The van der Waals surface area contributed by atoms with Crippen molar-refractivity contribution in [2.45, 2.75) is 33.9 Å². The van der Waals surface area contributed by atoms with Crippen LogP contribution in [0, 0.1) is 18.8 Å². The van der Waals surface area contributed by atoms with Gasteiger partial charge in [-0.15, -0.1) is 12.8 Å². The van der Waals surface area contributed by atoms with Crippen LogP contribution in [0.2, 0.25) is 10.0 Å². The summed E-state index contributed by atoms with van der Waals surface area (Å²) in [5.74, 6) is 1.59. The van der Waals surface area contributed by atoms with Gasteiger partial charge in [0.25, 0.3) is 0 Å². The Balaban J connectivity index is 0.000000815. The Hall–Kier alpha value is -3.99. The van der Waals surface area contributed by atoms with Crippen LogP contribution in [0.25, 0.3) is 11.3 Å². The Kier molecular flexibility index (Phi) is 13.4. The van der Waals surface area contributed by atoms with Crippen LogP contribution in [-0.2, 0) is 17.9 Å². The molecule has 0 aliphatic rings. The molecular formula is C30H33Cl2N5O2. The van der Waals surface area contributed by atoms with Gasteiger partial charge in [0.2, 0.25) is 11.9 Å². The monoisotopic (exact) mass is 565 g/mol. The van der Waals surface area contributed by atoms with E-state index in [9.17, 15) is 4.79 Å². The molecule has 2 heterocycles. The van der Waals surface area contributed by atoms with E-state index >= 15 is 0 Å². The van der Waals surface area contributed by atoms with Gasteiger partial charge in [0.05, 0.1) is 24.8 Å². The molecule has 4 aromatic rings. The van der Waals surface area contributed by atoms with Gasteiger partial charge in [-0.05, 0) is 47.4 Å². The van der Waals surface area contributed by atoms with E-state index in [1.807, 2.05) is 42.5 Å². The summed E-state index contributed by atoms with van der Waals surface area (Å²) < 4.78 is 5.18. The minimum atomic E-state index is -0.165. The summed E-state index contributed by atoms with van der Waals surface area (Å²) >= 11 is 12.0. The van der Waals surface area contributed by atoms with E-state index in [0.29, 0.717) is 40.6 Å². The zero-order valence-electron chi connectivity index (χ0n) is 22.2. The fourth-order valence-electron chi connectivity index (χ4n) is 3.04. The summed E-state index contributed by atoms with van der Waals surface area (Å²) in [6.45, 7) is 7.47. The van der Waals surface area contributed by atoms with E-state index in [1.165, 1.54) is 0 Å². The lowest BCUT2D eigenvalue weighted by Gasteiger charge is -2.11. The molecule has 9 heteroatoms. The molecule has 0 fully saturated rings. The van der Waals surface area contributed by atoms with Gasteiger partial charge in [0, 0.05) is 34.8 Å². The van der Waals surface area contributed by atoms with E-state index in [0.717, 1.165) is 22.6 Å². The molecule has 0 saturated carbocycles. The molecule has 39 heavy (non-hydrogen) atoms. The number of hydrogen-bond donors (Lipinski definition) is 3. The van der Waals surface area contributed by atoms with Crippen molar-refractivity contribution < 1.29 is 9.21 Å². The maximum Gasteiger partial charge on any atom is 0.239 e. The number of hydrogen-bond acceptors (Lipinski definition) is 6. The predicted octanol–water partition coefficient (Wildman–Crippen LogP) is 7.30. The van der Waals surface area contributed by atoms with Crippen molar-refractivity contribution in [3.8, 4) is 24.1 Å². The third-order valence-electron chi connectivity index (χ3n) is 4.72. The lowest BCUT2D eigenvalue weighted by molar-refractivity contribution is -0.119. The fraction of sp³-hybridized carbons (Fsp3) is 0.233. The molecule has 204 valence electrons. The molecular weight excluding hydrogens is 533 g/mol. The number of halogens is 2. The van der Waals surface area contributed by atoms with Crippen molar-refractivity contribution in [3.63, 3.8) is 0 Å². The topological polar surface area (TPSA) is 92.1 Å². The number of amides is 1. The van der Waals surface area contributed by atoms with E-state index in [-0.39, 0.29) is 12.5 Å². The number of anilines is 2. The second kappa shape index (κ2) is 16.8. The summed E-state index contributed by atoms with van der Waals surface area (Å²) in [7, 11) is 0. The smallest absolute Gasteiger partial charge is 0.239 e. The average Bonchev–Trinajstić information content (AvgIpc) is 3.47. The van der Waals surface area contributed by atoms with Crippen LogP contribution in [0.3, 0.4) is 0 Å². The van der Waals surface area contributed by atoms with Crippen molar-refractivity contribution in [1.29, 1.82) is 0 Å². The molecule has 0 unspecified atom stereocenters. The number of nitrogens with zero attached hydrogens (tertiary/aromatic N) is 2. The van der Waals surface area contributed by atoms with Gasteiger partial charge >= 0.3 is 0 Å². The first-order valence-corrected chi connectivity index (χ1v) is 13.0. The quantitative estimate of drug-likeness (QED) is 0.184. The molecule has 0 aliphatic heterocycles. The Morgan fingerprint density at radius 2 is 1.62 bits per heavy atom. The summed E-state index contributed by atoms with van der Waals surface area (Å²) in [6.07, 6.45) is 11.2. The largest absolute Gasteiger partial charge is 0.472 e. The normalized spacial score (nSPS) is 9.95. The van der Waals surface area contributed by atoms with Gasteiger partial charge in [-0.3, -0.25) is 4.79 Å². The Morgan fingerprint density at radius 3 is 2.26 bits per heavy atom. The second-order valence-corrected chi connectivity index (χ2v) is 9.82. The van der Waals surface area contributed by atoms with Crippen molar-refractivity contribution in [2.75, 3.05) is 17.2 Å². The highest BCUT2D eigenvalue weighted by molar-refractivity contribution is 6.30. The maximum absolute atomic E-state index is 12.3. The van der Waals surface area contributed by atoms with Crippen molar-refractivity contribution >= 4 is 40.9 Å². The summed E-state index contributed by atoms with van der Waals surface area (Å²) in [4.78, 5) is 21.4. The van der Waals surface area contributed by atoms with Crippen LogP contribution in [0.4, 0.5) is 11.8 Å². The predicted molar refractivity (Wildman–Crippen MR) is 161 cm³/mol. The van der Waals surface area contributed by atoms with Gasteiger partial charge in [-0.25, -0.2) is 4.98 Å². The minimum absolute atomic E-state index is 0.0587. The van der Waals surface area contributed by atoms with E-state index < -0.39 is 0 Å². The number of rotatable bonds is 9. The number of benzene rings is 2. The molecule has 7 nitrogen and oxygen atoms in total. The molecule has 3 N–H and O–H groups in total. The van der Waals surface area contributed by atoms with E-state index in [1.54, 1.807) is 30.7 Å². The number of carbonyl (C=O) groups excluding carboxylic acids is 1. The third-order valence-corrected chi connectivity index (χ3v) is 5.20. The Bertz CT molecular complexity index is 1300. The second-order valence-electron chi connectivity index (χ2n) is 8.95. The molecule has 0 atom stereocenters. The van der Waals surface area contributed by atoms with Gasteiger partial charge < -0.3 is 20.4 Å². The minimum Gasteiger partial charge on any atom is -0.472 e. The summed E-state index contributed by atoms with van der Waals surface area (Å²) in [5, 5.41) is 10.5. The van der Waals surface area contributed by atoms with Crippen LogP contribution >= 0.6 is 23.2 Å². The summed E-state index contributed by atoms with van der Waals surface area (Å²) in [5.41, 5.74) is 3.43. The standard InChI is InChI=1S/C24H21Cl2N5O2.C4H10.C2H2/c25-19-6-4-16(5-7-19)12-28-23(32)14-27-22-11-21(18-8-9-33-15-18)30-24(31-22)29-13-17-2-1-3-20(26)10-17;1-4(2)3;1-2/h1-11,15H,12-14H2,(H,28,32)(H2,27,29,30,31);4H,1-3H3;1-2H. The first kappa shape index (κ1) is 31.2. The van der Waals surface area contributed by atoms with Gasteiger partial charge in [0.15, 0.2) is 0 Å². The zero-order valence-corrected chi connectivity index (χ0v) is 23.8. The fourth-order valence-corrected chi connectivity index (χ4v) is 3.38. The molecule has 0 radical (unpaired) electrons. The molecule has 2 aromatic carbocycles. The highest BCUT2D eigenvalue weighted by Gasteiger charge is 2.10. The zero-order chi connectivity index (χ0) is 28.6. The van der Waals surface area contributed by atoms with Gasteiger partial charge in [-0.1, -0.05) is 68.2 Å². The molecule has 0 saturated heterocycles. The first-order chi connectivity index (χ1) is 18.8. The summed E-state index contributed by atoms with van der Waals surface area (Å²) in [6, 6.07) is 18.4. The molecule has 0 bridgehead atoms. The van der Waals surface area contributed by atoms with E-state index in [2.05, 4.69) is 59.5 Å². The number of furan rings is 1. The molecule has 2 aromatic heterocycles. The van der Waals surface area contributed by atoms with Crippen LogP contribution in [0.1, 0.15) is 31.9 Å². The van der Waals surface area contributed by atoms with Crippen LogP contribution in [0.5, 0.6) is 0 Å². The van der Waals surface area contributed by atoms with E-state index in [4.69, 9.17) is 27.6 Å². The lowest BCUT2D eigenvalue weighted by atomic mass is 10.2. The van der Waals surface area contributed by atoms with Gasteiger partial charge in [-0.2, -0.15) is 4.98 Å². The van der Waals surface area contributed by atoms with Crippen molar-refractivity contribution in [1.82, 2.24) is 15.3 Å². The van der Waals surface area contributed by atoms with Crippen molar-refractivity contribution in [2.24, 2.45) is 5.92 Å². The molecule has 4 rings (SSSR count). The highest BCUT2D eigenvalue weighted by Crippen LogP contribution is 2.22. The van der Waals surface area contributed by atoms with Crippen molar-refractivity contribution in [3.05, 3.63) is 94.4 Å². The van der Waals surface area contributed by atoms with Crippen LogP contribution < -0.4 is 16.0 Å². The number of aromatic nitrogens is 2. The Labute approximate surface area is 240 Å². The number of terminal acetylenes is 1. The molecule has 1 amide bonds. The molecule has 0 spiro atoms.